The zero-order valence-electron chi connectivity index (χ0n) is 11.8. The minimum atomic E-state index is 1.02. The largest absolute Gasteiger partial charge is 0.291 e. The lowest BCUT2D eigenvalue weighted by Gasteiger charge is -2.24. The van der Waals surface area contributed by atoms with Gasteiger partial charge in [0.05, 0.1) is 0 Å². The molecule has 20 heavy (non-hydrogen) atoms. The summed E-state index contributed by atoms with van der Waals surface area (Å²) in [6, 6.07) is 10.8. The zero-order valence-corrected chi connectivity index (χ0v) is 11.8. The van der Waals surface area contributed by atoms with E-state index in [1.54, 1.807) is 0 Å². The van der Waals surface area contributed by atoms with Gasteiger partial charge in [0, 0.05) is 19.6 Å². The number of benzene rings is 1. The highest BCUT2D eigenvalue weighted by Crippen LogP contribution is 2.18. The molecule has 102 valence electrons. The molecule has 0 aromatic heterocycles. The van der Waals surface area contributed by atoms with Crippen molar-refractivity contribution < 1.29 is 0 Å². The summed E-state index contributed by atoms with van der Waals surface area (Å²) in [5.41, 5.74) is 4.44. The summed E-state index contributed by atoms with van der Waals surface area (Å²) < 4.78 is 0. The first-order valence-corrected chi connectivity index (χ1v) is 7.35. The monoisotopic (exact) mass is 263 g/mol. The van der Waals surface area contributed by atoms with Gasteiger partial charge >= 0.3 is 0 Å². The molecular weight excluding hydrogens is 242 g/mol. The van der Waals surface area contributed by atoms with Gasteiger partial charge in [0.15, 0.2) is 0 Å². The molecule has 0 bridgehead atoms. The summed E-state index contributed by atoms with van der Waals surface area (Å²) in [6.07, 6.45) is 15.6. The van der Waals surface area contributed by atoms with E-state index in [9.17, 15) is 0 Å². The zero-order chi connectivity index (χ0) is 13.6. The predicted molar refractivity (Wildman–Crippen MR) is 85.4 cm³/mol. The molecule has 1 aromatic carbocycles. The van der Waals surface area contributed by atoms with Gasteiger partial charge in [-0.3, -0.25) is 4.90 Å². The van der Waals surface area contributed by atoms with E-state index in [0.717, 1.165) is 32.5 Å². The van der Waals surface area contributed by atoms with Crippen LogP contribution in [0.3, 0.4) is 0 Å². The maximum Gasteiger partial charge on any atom is 0.0240 e. The molecule has 0 unspecified atom stereocenters. The first kappa shape index (κ1) is 13.1. The molecular formula is C19H21N. The molecule has 0 heterocycles. The van der Waals surface area contributed by atoms with Crippen molar-refractivity contribution in [2.45, 2.75) is 19.4 Å². The number of rotatable bonds is 6. The first-order valence-electron chi connectivity index (χ1n) is 7.35. The molecule has 0 radical (unpaired) electrons. The Morgan fingerprint density at radius 2 is 1.35 bits per heavy atom. The quantitative estimate of drug-likeness (QED) is 0.741. The summed E-state index contributed by atoms with van der Waals surface area (Å²) in [4.78, 5) is 2.55. The fraction of sp³-hybridized carbons (Fsp3) is 0.263. The van der Waals surface area contributed by atoms with Gasteiger partial charge in [-0.1, -0.05) is 77.9 Å². The average Bonchev–Trinajstić information content (AvgIpc) is 3.13. The Labute approximate surface area is 121 Å². The van der Waals surface area contributed by atoms with Crippen molar-refractivity contribution in [2.24, 2.45) is 0 Å². The summed E-state index contributed by atoms with van der Waals surface area (Å²) >= 11 is 0. The van der Waals surface area contributed by atoms with E-state index in [1.807, 2.05) is 0 Å². The van der Waals surface area contributed by atoms with Gasteiger partial charge in [-0.2, -0.15) is 0 Å². The third-order valence-corrected chi connectivity index (χ3v) is 3.80. The highest BCUT2D eigenvalue weighted by molar-refractivity contribution is 5.27. The van der Waals surface area contributed by atoms with E-state index >= 15 is 0 Å². The first-order chi connectivity index (χ1) is 9.90. The van der Waals surface area contributed by atoms with Crippen molar-refractivity contribution in [3.63, 3.8) is 0 Å². The van der Waals surface area contributed by atoms with Crippen LogP contribution in [0.1, 0.15) is 18.4 Å². The topological polar surface area (TPSA) is 3.24 Å². The molecule has 2 aliphatic rings. The smallest absolute Gasteiger partial charge is 0.0240 e. The van der Waals surface area contributed by atoms with Crippen molar-refractivity contribution in [2.75, 3.05) is 13.1 Å². The van der Waals surface area contributed by atoms with E-state index < -0.39 is 0 Å². The second kappa shape index (κ2) is 6.53. The van der Waals surface area contributed by atoms with Gasteiger partial charge < -0.3 is 0 Å². The molecule has 0 fully saturated rings. The van der Waals surface area contributed by atoms with Crippen molar-refractivity contribution >= 4 is 0 Å². The summed E-state index contributed by atoms with van der Waals surface area (Å²) in [6.45, 7) is 3.16. The van der Waals surface area contributed by atoms with Gasteiger partial charge in [-0.25, -0.2) is 0 Å². The van der Waals surface area contributed by atoms with Crippen LogP contribution >= 0.6 is 0 Å². The lowest BCUT2D eigenvalue weighted by Crippen LogP contribution is -2.27. The SMILES string of the molecule is C1=CCC(CN(CC2=CC=CC2)Cc2ccccc2)=C1. The van der Waals surface area contributed by atoms with E-state index in [2.05, 4.69) is 71.7 Å². The fourth-order valence-electron chi connectivity index (χ4n) is 2.80. The molecule has 0 saturated heterocycles. The third kappa shape index (κ3) is 3.58. The van der Waals surface area contributed by atoms with Gasteiger partial charge in [0.1, 0.15) is 0 Å². The predicted octanol–water partition coefficient (Wildman–Crippen LogP) is 4.26. The summed E-state index contributed by atoms with van der Waals surface area (Å²) in [7, 11) is 0. The van der Waals surface area contributed by atoms with Crippen LogP contribution in [-0.4, -0.2) is 18.0 Å². The van der Waals surface area contributed by atoms with Gasteiger partial charge in [-0.05, 0) is 18.4 Å². The Morgan fingerprint density at radius 3 is 1.85 bits per heavy atom. The van der Waals surface area contributed by atoms with E-state index in [0.29, 0.717) is 0 Å². The normalized spacial score (nSPS) is 16.9. The van der Waals surface area contributed by atoms with Crippen LogP contribution < -0.4 is 0 Å². The summed E-state index contributed by atoms with van der Waals surface area (Å²) in [5.74, 6) is 0. The highest BCUT2D eigenvalue weighted by atomic mass is 15.1. The maximum atomic E-state index is 2.55. The third-order valence-electron chi connectivity index (χ3n) is 3.80. The number of nitrogens with zero attached hydrogens (tertiary/aromatic N) is 1. The fourth-order valence-corrected chi connectivity index (χ4v) is 2.80. The second-order valence-electron chi connectivity index (χ2n) is 5.55. The Hall–Kier alpha value is -1.86. The Kier molecular flexibility index (Phi) is 4.29. The van der Waals surface area contributed by atoms with E-state index in [-0.39, 0.29) is 0 Å². The van der Waals surface area contributed by atoms with Crippen LogP contribution in [0.15, 0.2) is 77.9 Å². The molecule has 0 aliphatic heterocycles. The van der Waals surface area contributed by atoms with E-state index in [4.69, 9.17) is 0 Å². The molecule has 1 nitrogen and oxygen atoms in total. The van der Waals surface area contributed by atoms with E-state index in [1.165, 1.54) is 16.7 Å². The lowest BCUT2D eigenvalue weighted by atomic mass is 10.1. The molecule has 2 aliphatic carbocycles. The van der Waals surface area contributed by atoms with Crippen molar-refractivity contribution in [3.8, 4) is 0 Å². The van der Waals surface area contributed by atoms with Crippen LogP contribution in [0.25, 0.3) is 0 Å². The van der Waals surface area contributed by atoms with Gasteiger partial charge in [-0.15, -0.1) is 0 Å². The van der Waals surface area contributed by atoms with Crippen LogP contribution in [0, 0.1) is 0 Å². The van der Waals surface area contributed by atoms with Crippen LogP contribution in [0.2, 0.25) is 0 Å². The van der Waals surface area contributed by atoms with Crippen LogP contribution in [-0.2, 0) is 6.54 Å². The highest BCUT2D eigenvalue weighted by Gasteiger charge is 2.12. The summed E-state index contributed by atoms with van der Waals surface area (Å²) in [5, 5.41) is 0. The number of hydrogen-bond donors (Lipinski definition) is 0. The molecule has 0 N–H and O–H groups in total. The second-order valence-corrected chi connectivity index (χ2v) is 5.55. The van der Waals surface area contributed by atoms with Crippen molar-refractivity contribution in [1.82, 2.24) is 4.90 Å². The molecule has 1 aromatic rings. The Morgan fingerprint density at radius 1 is 0.750 bits per heavy atom. The molecule has 0 spiro atoms. The van der Waals surface area contributed by atoms with Crippen molar-refractivity contribution in [3.05, 3.63) is 83.5 Å². The molecule has 0 saturated carbocycles. The Bertz CT molecular complexity index is 529. The van der Waals surface area contributed by atoms with Gasteiger partial charge in [0.2, 0.25) is 0 Å². The minimum absolute atomic E-state index is 1.02. The Balaban J connectivity index is 1.65. The van der Waals surface area contributed by atoms with Crippen LogP contribution in [0.5, 0.6) is 0 Å². The lowest BCUT2D eigenvalue weighted by molar-refractivity contribution is 0.310. The average molecular weight is 263 g/mol. The number of hydrogen-bond acceptors (Lipinski definition) is 1. The maximum absolute atomic E-state index is 2.55. The molecule has 0 amide bonds. The van der Waals surface area contributed by atoms with Gasteiger partial charge in [0.25, 0.3) is 0 Å². The van der Waals surface area contributed by atoms with Crippen molar-refractivity contribution in [1.29, 1.82) is 0 Å². The number of allylic oxidation sites excluding steroid dienone is 6. The molecule has 1 heteroatoms. The molecule has 0 atom stereocenters. The standard InChI is InChI=1S/C19H21N/c1-2-8-17(9-3-1)14-20(15-18-10-4-5-11-18)16-19-12-6-7-13-19/h1-10,12H,11,13-16H2. The molecule has 3 rings (SSSR count). The minimum Gasteiger partial charge on any atom is -0.291 e. The van der Waals surface area contributed by atoms with Crippen LogP contribution in [0.4, 0.5) is 0 Å².